The van der Waals surface area contributed by atoms with Gasteiger partial charge in [0.05, 0.1) is 35.4 Å². The summed E-state index contributed by atoms with van der Waals surface area (Å²) in [6.07, 6.45) is 9.54. The summed E-state index contributed by atoms with van der Waals surface area (Å²) in [7, 11) is 3.84. The van der Waals surface area contributed by atoms with Crippen LogP contribution in [0.1, 0.15) is 18.9 Å². The number of likely N-dealkylation sites (N-methyl/N-ethyl adjacent to an activating group) is 1. The number of para-hydroxylation sites is 1. The molecule has 2 aliphatic heterocycles. The number of ether oxygens (including phenoxy) is 1. The van der Waals surface area contributed by atoms with E-state index in [1.54, 1.807) is 24.6 Å². The third-order valence-electron chi connectivity index (χ3n) is 9.63. The summed E-state index contributed by atoms with van der Waals surface area (Å²) in [6.45, 7) is 9.54. The first-order valence-corrected chi connectivity index (χ1v) is 17.3. The number of nitrogens with zero attached hydrogens (tertiary/aromatic N) is 7. The van der Waals surface area contributed by atoms with E-state index in [9.17, 15) is 4.79 Å². The molecular weight excluding hydrogens is 623 g/mol. The molecule has 1 amide bonds. The van der Waals surface area contributed by atoms with Crippen LogP contribution in [0.4, 0.5) is 23.0 Å². The minimum absolute atomic E-state index is 0.276. The Hall–Kier alpha value is -4.78. The Labute approximate surface area is 283 Å². The molecule has 0 bridgehead atoms. The number of anilines is 4. The molecule has 246 valence electrons. The lowest BCUT2D eigenvalue weighted by molar-refractivity contribution is -0.111. The summed E-state index contributed by atoms with van der Waals surface area (Å²) in [5, 5.41) is 10.5. The molecular formula is C36H39N9O2S. The monoisotopic (exact) mass is 661 g/mol. The maximum Gasteiger partial charge on any atom is 0.247 e. The van der Waals surface area contributed by atoms with E-state index < -0.39 is 0 Å². The van der Waals surface area contributed by atoms with Crippen molar-refractivity contribution in [1.29, 1.82) is 0 Å². The summed E-state index contributed by atoms with van der Waals surface area (Å²) in [5.74, 6) is 0.769. The van der Waals surface area contributed by atoms with E-state index in [1.807, 2.05) is 23.7 Å². The Morgan fingerprint density at radius 2 is 1.90 bits per heavy atom. The summed E-state index contributed by atoms with van der Waals surface area (Å²) in [5.41, 5.74) is 6.16. The van der Waals surface area contributed by atoms with Crippen LogP contribution in [-0.4, -0.2) is 94.7 Å². The molecule has 2 saturated heterocycles. The highest BCUT2D eigenvalue weighted by molar-refractivity contribution is 7.13. The number of amides is 1. The topological polar surface area (TPSA) is 104 Å². The molecule has 2 N–H and O–H groups in total. The van der Waals surface area contributed by atoms with Crippen LogP contribution >= 0.6 is 11.3 Å². The highest BCUT2D eigenvalue weighted by Gasteiger charge is 2.33. The number of carbonyl (C=O) groups excluding carboxylic acids is 1. The Bertz CT molecular complexity index is 1990. The highest BCUT2D eigenvalue weighted by Crippen LogP contribution is 2.44. The predicted octanol–water partition coefficient (Wildman–Crippen LogP) is 5.87. The number of thiazole rings is 1. The zero-order chi connectivity index (χ0) is 32.8. The van der Waals surface area contributed by atoms with E-state index >= 15 is 0 Å². The van der Waals surface area contributed by atoms with E-state index in [1.165, 1.54) is 24.4 Å². The van der Waals surface area contributed by atoms with Gasteiger partial charge in [-0.15, -0.1) is 11.3 Å². The van der Waals surface area contributed by atoms with Crippen molar-refractivity contribution < 1.29 is 9.53 Å². The van der Waals surface area contributed by atoms with Gasteiger partial charge in [-0.2, -0.15) is 0 Å². The van der Waals surface area contributed by atoms with E-state index in [-0.39, 0.29) is 5.91 Å². The number of aromatic nitrogens is 4. The van der Waals surface area contributed by atoms with Crippen molar-refractivity contribution in [2.45, 2.75) is 24.9 Å². The molecule has 5 heterocycles. The van der Waals surface area contributed by atoms with Crippen LogP contribution in [0.5, 0.6) is 5.75 Å². The van der Waals surface area contributed by atoms with E-state index in [2.05, 4.69) is 79.0 Å². The van der Waals surface area contributed by atoms with Gasteiger partial charge in [0.1, 0.15) is 10.8 Å². The smallest absolute Gasteiger partial charge is 0.247 e. The minimum Gasteiger partial charge on any atom is -0.494 e. The van der Waals surface area contributed by atoms with E-state index in [0.29, 0.717) is 35.2 Å². The van der Waals surface area contributed by atoms with Crippen molar-refractivity contribution in [3.63, 3.8) is 0 Å². The quantitative estimate of drug-likeness (QED) is 0.188. The van der Waals surface area contributed by atoms with Gasteiger partial charge >= 0.3 is 0 Å². The lowest BCUT2D eigenvalue weighted by Gasteiger charge is -2.47. The van der Waals surface area contributed by atoms with Gasteiger partial charge in [0.15, 0.2) is 0 Å². The number of methoxy groups -OCH3 is 1. The molecule has 48 heavy (non-hydrogen) atoms. The first kappa shape index (κ1) is 30.5. The second-order valence-electron chi connectivity index (χ2n) is 12.8. The SMILES string of the molecule is C=CC(=O)Nc1cc(Nc2ncc(-c3nccs3)c(-c3cn(C4CC4)c4ccccc34)n2)c(OC)cc1N1CCN2CCN(C)CC2C1. The number of nitrogens with one attached hydrogen (secondary N) is 2. The van der Waals surface area contributed by atoms with Crippen LogP contribution in [0.15, 0.2) is 73.0 Å². The predicted molar refractivity (Wildman–Crippen MR) is 193 cm³/mol. The standard InChI is InChI=1S/C36H39N9O2S/c1-4-33(46)39-28-17-29(32(47-3)18-31(28)44-15-14-43-13-12-42(2)20-24(43)21-44)40-36-38-19-26(35-37-11-16-48-35)34(41-36)27-22-45(23-9-10-23)30-8-6-5-7-25(27)30/h4-8,11,16-19,22-24H,1,9-10,12-15,20-21H2,2-3H3,(H,39,46)(H,38,40,41). The molecule has 1 unspecified atom stereocenters. The molecule has 1 saturated carbocycles. The maximum absolute atomic E-state index is 12.7. The molecule has 2 aromatic carbocycles. The molecule has 12 heteroatoms. The molecule has 1 aliphatic carbocycles. The molecule has 5 aromatic rings. The van der Waals surface area contributed by atoms with Crippen molar-refractivity contribution in [2.24, 2.45) is 0 Å². The van der Waals surface area contributed by atoms with Crippen LogP contribution < -0.4 is 20.3 Å². The van der Waals surface area contributed by atoms with Crippen LogP contribution in [0.25, 0.3) is 32.7 Å². The summed E-state index contributed by atoms with van der Waals surface area (Å²) in [4.78, 5) is 34.5. The Morgan fingerprint density at radius 1 is 1.04 bits per heavy atom. The summed E-state index contributed by atoms with van der Waals surface area (Å²) >= 11 is 1.57. The fourth-order valence-corrected chi connectivity index (χ4v) is 7.69. The number of carbonyl (C=O) groups is 1. The average Bonchev–Trinajstić information content (AvgIpc) is 3.66. The lowest BCUT2D eigenvalue weighted by Crippen LogP contribution is -2.61. The fourth-order valence-electron chi connectivity index (χ4n) is 7.04. The second-order valence-corrected chi connectivity index (χ2v) is 13.7. The van der Waals surface area contributed by atoms with Crippen LogP contribution in [0, 0.1) is 0 Å². The van der Waals surface area contributed by atoms with Crippen molar-refractivity contribution in [3.05, 3.63) is 73.0 Å². The summed E-state index contributed by atoms with van der Waals surface area (Å²) < 4.78 is 8.32. The van der Waals surface area contributed by atoms with Crippen LogP contribution in [0.3, 0.4) is 0 Å². The second kappa shape index (κ2) is 12.7. The van der Waals surface area contributed by atoms with Gasteiger partial charge in [0.25, 0.3) is 0 Å². The van der Waals surface area contributed by atoms with Gasteiger partial charge in [0, 0.05) is 97.9 Å². The third kappa shape index (κ3) is 5.80. The number of hydrogen-bond donors (Lipinski definition) is 2. The van der Waals surface area contributed by atoms with Gasteiger partial charge in [-0.25, -0.2) is 15.0 Å². The fraction of sp³-hybridized carbons (Fsp3) is 0.333. The van der Waals surface area contributed by atoms with Crippen molar-refractivity contribution in [1.82, 2.24) is 29.3 Å². The highest BCUT2D eigenvalue weighted by atomic mass is 32.1. The number of hydrogen-bond acceptors (Lipinski definition) is 10. The maximum atomic E-state index is 12.7. The van der Waals surface area contributed by atoms with Gasteiger partial charge in [-0.1, -0.05) is 24.8 Å². The minimum atomic E-state index is -0.276. The molecule has 11 nitrogen and oxygen atoms in total. The molecule has 1 atom stereocenters. The zero-order valence-corrected chi connectivity index (χ0v) is 28.0. The molecule has 3 aromatic heterocycles. The van der Waals surface area contributed by atoms with Gasteiger partial charge < -0.3 is 29.7 Å². The molecule has 0 spiro atoms. The van der Waals surface area contributed by atoms with Crippen molar-refractivity contribution >= 4 is 51.2 Å². The molecule has 8 rings (SSSR count). The Balaban J connectivity index is 1.18. The van der Waals surface area contributed by atoms with Crippen molar-refractivity contribution in [3.8, 4) is 27.6 Å². The van der Waals surface area contributed by atoms with Crippen LogP contribution in [-0.2, 0) is 4.79 Å². The third-order valence-corrected chi connectivity index (χ3v) is 10.4. The lowest BCUT2D eigenvalue weighted by atomic mass is 10.1. The normalized spacial score (nSPS) is 18.5. The van der Waals surface area contributed by atoms with Gasteiger partial charge in [-0.3, -0.25) is 9.69 Å². The number of fused-ring (bicyclic) bond motifs is 2. The number of rotatable bonds is 9. The van der Waals surface area contributed by atoms with Crippen molar-refractivity contribution in [2.75, 3.05) is 69.0 Å². The van der Waals surface area contributed by atoms with Gasteiger partial charge in [-0.05, 0) is 38.1 Å². The van der Waals surface area contributed by atoms with Crippen LogP contribution in [0.2, 0.25) is 0 Å². The Morgan fingerprint density at radius 3 is 2.69 bits per heavy atom. The first-order valence-electron chi connectivity index (χ1n) is 16.5. The molecule has 3 fully saturated rings. The average molecular weight is 662 g/mol. The zero-order valence-electron chi connectivity index (χ0n) is 27.2. The summed E-state index contributed by atoms with van der Waals surface area (Å²) in [6, 6.07) is 13.3. The largest absolute Gasteiger partial charge is 0.494 e. The number of benzene rings is 2. The molecule has 0 radical (unpaired) electrons. The number of piperazine rings is 2. The molecule has 3 aliphatic rings. The first-order chi connectivity index (χ1) is 23.5. The Kier molecular flexibility index (Phi) is 8.07. The van der Waals surface area contributed by atoms with E-state index in [4.69, 9.17) is 14.7 Å². The van der Waals surface area contributed by atoms with Gasteiger partial charge in [0.2, 0.25) is 11.9 Å². The van der Waals surface area contributed by atoms with E-state index in [0.717, 1.165) is 72.2 Å².